The van der Waals surface area contributed by atoms with Crippen LogP contribution in [0.3, 0.4) is 0 Å². The van der Waals surface area contributed by atoms with Crippen molar-refractivity contribution in [3.05, 3.63) is 84.1 Å². The van der Waals surface area contributed by atoms with Crippen molar-refractivity contribution in [1.82, 2.24) is 0 Å². The van der Waals surface area contributed by atoms with Crippen LogP contribution in [-0.2, 0) is 27.1 Å². The molecule has 2 atom stereocenters. The van der Waals surface area contributed by atoms with Crippen molar-refractivity contribution in [1.29, 1.82) is 0 Å². The summed E-state index contributed by atoms with van der Waals surface area (Å²) in [7, 11) is 0. The number of nitrogens with two attached hydrogens (primary N) is 1. The SMILES string of the molecule is C=C(OCCCOC(=O)C(C)Cc1ccccc1)C(N)Cc1ccccc1. The second-order valence-electron chi connectivity index (χ2n) is 6.72. The van der Waals surface area contributed by atoms with Crippen LogP contribution >= 0.6 is 0 Å². The van der Waals surface area contributed by atoms with Gasteiger partial charge in [0.25, 0.3) is 0 Å². The summed E-state index contributed by atoms with van der Waals surface area (Å²) in [6, 6.07) is 19.7. The Bertz CT molecular complexity index is 639. The Labute approximate surface area is 162 Å². The number of esters is 1. The number of carbonyl (C=O) groups is 1. The van der Waals surface area contributed by atoms with Gasteiger partial charge in [0.2, 0.25) is 0 Å². The third-order valence-electron chi connectivity index (χ3n) is 4.32. The second-order valence-corrected chi connectivity index (χ2v) is 6.72. The average Bonchev–Trinajstić information content (AvgIpc) is 2.68. The Morgan fingerprint density at radius 2 is 1.44 bits per heavy atom. The minimum absolute atomic E-state index is 0.164. The molecular weight excluding hydrogens is 338 g/mol. The fraction of sp³-hybridized carbons (Fsp3) is 0.348. The van der Waals surface area contributed by atoms with Crippen molar-refractivity contribution in [2.24, 2.45) is 11.7 Å². The van der Waals surface area contributed by atoms with Crippen LogP contribution in [0.2, 0.25) is 0 Å². The lowest BCUT2D eigenvalue weighted by Gasteiger charge is -2.16. The van der Waals surface area contributed by atoms with Crippen LogP contribution in [0.15, 0.2) is 73.0 Å². The fourth-order valence-electron chi connectivity index (χ4n) is 2.72. The van der Waals surface area contributed by atoms with E-state index in [0.717, 1.165) is 11.1 Å². The van der Waals surface area contributed by atoms with Crippen molar-refractivity contribution >= 4 is 5.97 Å². The molecule has 0 bridgehead atoms. The summed E-state index contributed by atoms with van der Waals surface area (Å²) >= 11 is 0. The fourth-order valence-corrected chi connectivity index (χ4v) is 2.72. The van der Waals surface area contributed by atoms with Gasteiger partial charge in [0.15, 0.2) is 0 Å². The lowest BCUT2D eigenvalue weighted by atomic mass is 10.0. The Balaban J connectivity index is 1.59. The molecule has 0 aliphatic rings. The van der Waals surface area contributed by atoms with E-state index in [1.807, 2.05) is 67.6 Å². The molecule has 27 heavy (non-hydrogen) atoms. The summed E-state index contributed by atoms with van der Waals surface area (Å²) < 4.78 is 10.9. The second kappa shape index (κ2) is 11.2. The monoisotopic (exact) mass is 367 g/mol. The van der Waals surface area contributed by atoms with E-state index in [1.165, 1.54) is 0 Å². The van der Waals surface area contributed by atoms with Crippen LogP contribution in [-0.4, -0.2) is 25.2 Å². The Kier molecular flexibility index (Phi) is 8.59. The zero-order chi connectivity index (χ0) is 19.5. The maximum Gasteiger partial charge on any atom is 0.308 e. The van der Waals surface area contributed by atoms with Crippen LogP contribution in [0.5, 0.6) is 0 Å². The van der Waals surface area contributed by atoms with Gasteiger partial charge in [0.1, 0.15) is 5.76 Å². The van der Waals surface area contributed by atoms with Crippen LogP contribution in [0.25, 0.3) is 0 Å². The summed E-state index contributed by atoms with van der Waals surface area (Å²) in [5.74, 6) is 0.212. The highest BCUT2D eigenvalue weighted by atomic mass is 16.5. The third-order valence-corrected chi connectivity index (χ3v) is 4.32. The van der Waals surface area contributed by atoms with Crippen molar-refractivity contribution in [3.63, 3.8) is 0 Å². The molecule has 0 aliphatic heterocycles. The molecule has 0 aromatic heterocycles. The first-order valence-corrected chi connectivity index (χ1v) is 9.38. The summed E-state index contributed by atoms with van der Waals surface area (Å²) in [5.41, 5.74) is 8.40. The Morgan fingerprint density at radius 1 is 0.926 bits per heavy atom. The van der Waals surface area contributed by atoms with E-state index < -0.39 is 0 Å². The van der Waals surface area contributed by atoms with Crippen molar-refractivity contribution < 1.29 is 14.3 Å². The number of rotatable bonds is 11. The molecule has 0 saturated heterocycles. The predicted octanol–water partition coefficient (Wildman–Crippen LogP) is 3.90. The van der Waals surface area contributed by atoms with Crippen LogP contribution < -0.4 is 5.73 Å². The molecule has 144 valence electrons. The largest absolute Gasteiger partial charge is 0.497 e. The highest BCUT2D eigenvalue weighted by Gasteiger charge is 2.15. The van der Waals surface area contributed by atoms with Gasteiger partial charge in [-0.2, -0.15) is 0 Å². The van der Waals surface area contributed by atoms with Gasteiger partial charge in [0.05, 0.1) is 25.2 Å². The van der Waals surface area contributed by atoms with Gasteiger partial charge in [-0.25, -0.2) is 0 Å². The lowest BCUT2D eigenvalue weighted by Crippen LogP contribution is -2.26. The molecule has 0 saturated carbocycles. The van der Waals surface area contributed by atoms with Crippen LogP contribution in [0.1, 0.15) is 24.5 Å². The molecule has 0 heterocycles. The Morgan fingerprint density at radius 3 is 2.04 bits per heavy atom. The summed E-state index contributed by atoms with van der Waals surface area (Å²) in [5, 5.41) is 0. The van der Waals surface area contributed by atoms with E-state index in [9.17, 15) is 4.79 Å². The molecule has 2 aromatic carbocycles. The maximum atomic E-state index is 12.1. The number of carbonyl (C=O) groups excluding carboxylic acids is 1. The maximum absolute atomic E-state index is 12.1. The average molecular weight is 367 g/mol. The quantitative estimate of drug-likeness (QED) is 0.372. The van der Waals surface area contributed by atoms with Gasteiger partial charge in [0, 0.05) is 6.42 Å². The Hall–Kier alpha value is -2.59. The zero-order valence-electron chi connectivity index (χ0n) is 16.0. The van der Waals surface area contributed by atoms with Crippen molar-refractivity contribution in [2.45, 2.75) is 32.2 Å². The van der Waals surface area contributed by atoms with E-state index in [-0.39, 0.29) is 17.9 Å². The number of ether oxygens (including phenoxy) is 2. The number of hydrogen-bond donors (Lipinski definition) is 1. The highest BCUT2D eigenvalue weighted by Crippen LogP contribution is 2.11. The van der Waals surface area contributed by atoms with Gasteiger partial charge in [-0.1, -0.05) is 74.2 Å². The molecule has 2 aromatic rings. The highest BCUT2D eigenvalue weighted by molar-refractivity contribution is 5.72. The predicted molar refractivity (Wildman–Crippen MR) is 108 cm³/mol. The molecular formula is C23H29NO3. The molecule has 0 radical (unpaired) electrons. The van der Waals surface area contributed by atoms with E-state index in [0.29, 0.717) is 38.2 Å². The van der Waals surface area contributed by atoms with Gasteiger partial charge in [-0.15, -0.1) is 0 Å². The molecule has 4 heteroatoms. The summed E-state index contributed by atoms with van der Waals surface area (Å²) in [6.45, 7) is 6.55. The summed E-state index contributed by atoms with van der Waals surface area (Å²) in [4.78, 5) is 12.1. The van der Waals surface area contributed by atoms with E-state index in [2.05, 4.69) is 6.58 Å². The first-order chi connectivity index (χ1) is 13.1. The molecule has 2 N–H and O–H groups in total. The van der Waals surface area contributed by atoms with Crippen molar-refractivity contribution in [2.75, 3.05) is 13.2 Å². The normalized spacial score (nSPS) is 12.8. The van der Waals surface area contributed by atoms with Crippen LogP contribution in [0.4, 0.5) is 0 Å². The van der Waals surface area contributed by atoms with Gasteiger partial charge < -0.3 is 15.2 Å². The molecule has 2 unspecified atom stereocenters. The molecule has 0 fully saturated rings. The van der Waals surface area contributed by atoms with Gasteiger partial charge in [-0.3, -0.25) is 4.79 Å². The van der Waals surface area contributed by atoms with Crippen LogP contribution in [0, 0.1) is 5.92 Å². The molecule has 0 aliphatic carbocycles. The first kappa shape index (κ1) is 20.7. The topological polar surface area (TPSA) is 61.5 Å². The number of benzene rings is 2. The smallest absolute Gasteiger partial charge is 0.308 e. The van der Waals surface area contributed by atoms with Gasteiger partial charge >= 0.3 is 5.97 Å². The van der Waals surface area contributed by atoms with Gasteiger partial charge in [-0.05, 0) is 24.0 Å². The molecule has 0 spiro atoms. The van der Waals surface area contributed by atoms with E-state index in [4.69, 9.17) is 15.2 Å². The standard InChI is InChI=1S/C23H29NO3/c1-18(16-20-10-5-3-6-11-20)23(25)27-15-9-14-26-19(2)22(24)17-21-12-7-4-8-13-21/h3-8,10-13,18,22H,2,9,14-17,24H2,1H3. The zero-order valence-corrected chi connectivity index (χ0v) is 16.0. The van der Waals surface area contributed by atoms with E-state index in [1.54, 1.807) is 0 Å². The molecule has 4 nitrogen and oxygen atoms in total. The lowest BCUT2D eigenvalue weighted by molar-refractivity contribution is -0.148. The number of hydrogen-bond acceptors (Lipinski definition) is 4. The molecule has 2 rings (SSSR count). The van der Waals surface area contributed by atoms with E-state index >= 15 is 0 Å². The summed E-state index contributed by atoms with van der Waals surface area (Å²) in [6.07, 6.45) is 1.98. The van der Waals surface area contributed by atoms with Crippen molar-refractivity contribution in [3.8, 4) is 0 Å². The third kappa shape index (κ3) is 7.67. The minimum Gasteiger partial charge on any atom is -0.497 e. The molecule has 0 amide bonds. The minimum atomic E-state index is -0.249. The first-order valence-electron chi connectivity index (χ1n) is 9.38.